The predicted molar refractivity (Wildman–Crippen MR) is 113 cm³/mol. The summed E-state index contributed by atoms with van der Waals surface area (Å²) in [5.74, 6) is 0.291. The number of nitrogens with zero attached hydrogens (tertiary/aromatic N) is 1. The van der Waals surface area contributed by atoms with Gasteiger partial charge in [-0.15, -0.1) is 0 Å². The van der Waals surface area contributed by atoms with Crippen LogP contribution in [0.15, 0.2) is 42.5 Å². The minimum Gasteiger partial charge on any atom is -0.495 e. The molecule has 0 radical (unpaired) electrons. The van der Waals surface area contributed by atoms with E-state index in [1.54, 1.807) is 19.2 Å². The van der Waals surface area contributed by atoms with Crippen molar-refractivity contribution in [3.05, 3.63) is 53.6 Å². The molecule has 6 nitrogen and oxygen atoms in total. The van der Waals surface area contributed by atoms with Crippen molar-refractivity contribution in [2.24, 2.45) is 0 Å². The summed E-state index contributed by atoms with van der Waals surface area (Å²) in [6.07, 6.45) is 0.846. The molecule has 28 heavy (non-hydrogen) atoms. The number of amides is 2. The third kappa shape index (κ3) is 6.09. The zero-order valence-corrected chi connectivity index (χ0v) is 17.0. The van der Waals surface area contributed by atoms with Gasteiger partial charge in [0.05, 0.1) is 25.9 Å². The fourth-order valence-electron chi connectivity index (χ4n) is 3.06. The van der Waals surface area contributed by atoms with E-state index in [9.17, 15) is 9.59 Å². The Labute approximate surface area is 166 Å². The van der Waals surface area contributed by atoms with Crippen molar-refractivity contribution < 1.29 is 14.3 Å². The first-order chi connectivity index (χ1) is 13.4. The first kappa shape index (κ1) is 21.4. The quantitative estimate of drug-likeness (QED) is 0.694. The SMILES string of the molecule is CCCN(CC(=O)Nc1ccccc1OC)CC(=O)Nc1c(C)cccc1C. The Hall–Kier alpha value is -2.86. The van der Waals surface area contributed by atoms with E-state index in [1.807, 2.05) is 56.0 Å². The Morgan fingerprint density at radius 3 is 2.14 bits per heavy atom. The monoisotopic (exact) mass is 383 g/mol. The number of carbonyl (C=O) groups is 2. The van der Waals surface area contributed by atoms with Crippen LogP contribution in [0.1, 0.15) is 24.5 Å². The van der Waals surface area contributed by atoms with Crippen LogP contribution in [0.4, 0.5) is 11.4 Å². The normalized spacial score (nSPS) is 10.6. The predicted octanol–water partition coefficient (Wildman–Crippen LogP) is 3.60. The molecule has 0 aliphatic heterocycles. The summed E-state index contributed by atoms with van der Waals surface area (Å²) in [4.78, 5) is 26.9. The van der Waals surface area contributed by atoms with Crippen LogP contribution in [-0.4, -0.2) is 43.5 Å². The highest BCUT2D eigenvalue weighted by molar-refractivity contribution is 5.96. The molecule has 2 amide bonds. The molecule has 2 rings (SSSR count). The first-order valence-corrected chi connectivity index (χ1v) is 9.45. The first-order valence-electron chi connectivity index (χ1n) is 9.45. The van der Waals surface area contributed by atoms with Crippen molar-refractivity contribution in [1.29, 1.82) is 0 Å². The van der Waals surface area contributed by atoms with Crippen LogP contribution < -0.4 is 15.4 Å². The number of anilines is 2. The Balaban J connectivity index is 1.98. The highest BCUT2D eigenvalue weighted by Crippen LogP contribution is 2.23. The van der Waals surface area contributed by atoms with Gasteiger partial charge in [-0.25, -0.2) is 0 Å². The fraction of sp³-hybridized carbons (Fsp3) is 0.364. The molecule has 2 aromatic carbocycles. The van der Waals surface area contributed by atoms with Gasteiger partial charge in [-0.1, -0.05) is 37.3 Å². The van der Waals surface area contributed by atoms with Gasteiger partial charge in [-0.3, -0.25) is 14.5 Å². The molecule has 0 saturated heterocycles. The van der Waals surface area contributed by atoms with Crippen LogP contribution in [0.3, 0.4) is 0 Å². The van der Waals surface area contributed by atoms with E-state index < -0.39 is 0 Å². The molecule has 0 aromatic heterocycles. The lowest BCUT2D eigenvalue weighted by atomic mass is 10.1. The molecule has 0 bridgehead atoms. The van der Waals surface area contributed by atoms with E-state index in [1.165, 1.54) is 0 Å². The molecule has 2 N–H and O–H groups in total. The summed E-state index contributed by atoms with van der Waals surface area (Å²) in [6.45, 7) is 6.89. The van der Waals surface area contributed by atoms with Gasteiger partial charge in [0.1, 0.15) is 5.75 Å². The third-order valence-electron chi connectivity index (χ3n) is 4.40. The van der Waals surface area contributed by atoms with Crippen molar-refractivity contribution in [1.82, 2.24) is 4.90 Å². The minimum atomic E-state index is -0.183. The molecule has 0 spiro atoms. The second-order valence-corrected chi connectivity index (χ2v) is 6.77. The van der Waals surface area contributed by atoms with Gasteiger partial charge in [0.25, 0.3) is 0 Å². The maximum Gasteiger partial charge on any atom is 0.238 e. The summed E-state index contributed by atoms with van der Waals surface area (Å²) in [5.41, 5.74) is 3.49. The Kier molecular flexibility index (Phi) is 8.02. The highest BCUT2D eigenvalue weighted by Gasteiger charge is 2.16. The van der Waals surface area contributed by atoms with Gasteiger partial charge in [0.2, 0.25) is 11.8 Å². The molecule has 0 heterocycles. The second kappa shape index (κ2) is 10.5. The summed E-state index contributed by atoms with van der Waals surface area (Å²) < 4.78 is 5.26. The Morgan fingerprint density at radius 1 is 0.929 bits per heavy atom. The molecule has 0 aliphatic rings. The molecule has 0 fully saturated rings. The summed E-state index contributed by atoms with van der Waals surface area (Å²) >= 11 is 0. The smallest absolute Gasteiger partial charge is 0.238 e. The average Bonchev–Trinajstić information content (AvgIpc) is 2.65. The number of rotatable bonds is 9. The molecular formula is C22H29N3O3. The molecule has 6 heteroatoms. The number of benzene rings is 2. The summed E-state index contributed by atoms with van der Waals surface area (Å²) in [6, 6.07) is 13.1. The number of carbonyl (C=O) groups excluding carboxylic acids is 2. The number of hydrogen-bond acceptors (Lipinski definition) is 4. The number of ether oxygens (including phenoxy) is 1. The molecule has 0 aliphatic carbocycles. The van der Waals surface area contributed by atoms with Gasteiger partial charge in [-0.2, -0.15) is 0 Å². The minimum absolute atomic E-state index is 0.129. The Bertz CT molecular complexity index is 800. The van der Waals surface area contributed by atoms with Crippen LogP contribution >= 0.6 is 0 Å². The van der Waals surface area contributed by atoms with Crippen molar-refractivity contribution >= 4 is 23.2 Å². The van der Waals surface area contributed by atoms with E-state index in [-0.39, 0.29) is 24.9 Å². The zero-order valence-electron chi connectivity index (χ0n) is 17.0. The molecule has 0 atom stereocenters. The van der Waals surface area contributed by atoms with E-state index in [4.69, 9.17) is 4.74 Å². The van der Waals surface area contributed by atoms with Crippen LogP contribution in [0.2, 0.25) is 0 Å². The molecule has 150 valence electrons. The van der Waals surface area contributed by atoms with Gasteiger partial charge < -0.3 is 15.4 Å². The van der Waals surface area contributed by atoms with Crippen LogP contribution in [0, 0.1) is 13.8 Å². The lowest BCUT2D eigenvalue weighted by Crippen LogP contribution is -2.39. The summed E-state index contributed by atoms with van der Waals surface area (Å²) in [7, 11) is 1.56. The third-order valence-corrected chi connectivity index (χ3v) is 4.40. The maximum atomic E-state index is 12.5. The molecular weight excluding hydrogens is 354 g/mol. The Morgan fingerprint density at radius 2 is 1.54 bits per heavy atom. The van der Waals surface area contributed by atoms with Crippen LogP contribution in [0.25, 0.3) is 0 Å². The lowest BCUT2D eigenvalue weighted by molar-refractivity contribution is -0.120. The standard InChI is InChI=1S/C22H29N3O3/c1-5-13-25(14-20(26)23-18-11-6-7-12-19(18)28-4)15-21(27)24-22-16(2)9-8-10-17(22)3/h6-12H,5,13-15H2,1-4H3,(H,23,26)(H,24,27). The lowest BCUT2D eigenvalue weighted by Gasteiger charge is -2.21. The number of methoxy groups -OCH3 is 1. The number of hydrogen-bond donors (Lipinski definition) is 2. The van der Waals surface area contributed by atoms with Gasteiger partial charge >= 0.3 is 0 Å². The zero-order chi connectivity index (χ0) is 20.5. The molecule has 2 aromatic rings. The number of para-hydroxylation sites is 3. The van der Waals surface area contributed by atoms with E-state index in [2.05, 4.69) is 10.6 Å². The molecule has 0 unspecified atom stereocenters. The maximum absolute atomic E-state index is 12.5. The van der Waals surface area contributed by atoms with E-state index in [0.717, 1.165) is 23.2 Å². The summed E-state index contributed by atoms with van der Waals surface area (Å²) in [5, 5.41) is 5.83. The van der Waals surface area contributed by atoms with Gasteiger partial charge in [0, 0.05) is 5.69 Å². The second-order valence-electron chi connectivity index (χ2n) is 6.77. The van der Waals surface area contributed by atoms with Gasteiger partial charge in [0.15, 0.2) is 0 Å². The van der Waals surface area contributed by atoms with Crippen molar-refractivity contribution in [2.75, 3.05) is 37.4 Å². The topological polar surface area (TPSA) is 70.7 Å². The highest BCUT2D eigenvalue weighted by atomic mass is 16.5. The number of nitrogens with one attached hydrogen (secondary N) is 2. The van der Waals surface area contributed by atoms with Crippen LogP contribution in [-0.2, 0) is 9.59 Å². The van der Waals surface area contributed by atoms with E-state index in [0.29, 0.717) is 18.0 Å². The van der Waals surface area contributed by atoms with Crippen molar-refractivity contribution in [3.8, 4) is 5.75 Å². The average molecular weight is 383 g/mol. The van der Waals surface area contributed by atoms with Crippen LogP contribution in [0.5, 0.6) is 5.75 Å². The largest absolute Gasteiger partial charge is 0.495 e. The molecule has 0 saturated carbocycles. The van der Waals surface area contributed by atoms with Gasteiger partial charge in [-0.05, 0) is 50.1 Å². The van der Waals surface area contributed by atoms with Crippen molar-refractivity contribution in [2.45, 2.75) is 27.2 Å². The number of aryl methyl sites for hydroxylation is 2. The van der Waals surface area contributed by atoms with Crippen molar-refractivity contribution in [3.63, 3.8) is 0 Å². The fourth-order valence-corrected chi connectivity index (χ4v) is 3.06. The van der Waals surface area contributed by atoms with E-state index >= 15 is 0 Å².